The van der Waals surface area contributed by atoms with Crippen molar-refractivity contribution in [1.82, 2.24) is 5.32 Å². The monoisotopic (exact) mass is 154 g/mol. The van der Waals surface area contributed by atoms with Crippen LogP contribution in [0.3, 0.4) is 0 Å². The van der Waals surface area contributed by atoms with Crippen molar-refractivity contribution in [3.8, 4) is 0 Å². The van der Waals surface area contributed by atoms with Crippen molar-refractivity contribution in [2.24, 2.45) is 5.73 Å². The van der Waals surface area contributed by atoms with Crippen LogP contribution in [0.25, 0.3) is 0 Å². The van der Waals surface area contributed by atoms with Crippen molar-refractivity contribution >= 4 is 5.97 Å². The summed E-state index contributed by atoms with van der Waals surface area (Å²) in [6.07, 6.45) is 2.75. The molecular formula is C7H10N2O2. The highest BCUT2D eigenvalue weighted by molar-refractivity contribution is 5.89. The van der Waals surface area contributed by atoms with Crippen molar-refractivity contribution in [1.29, 1.82) is 0 Å². The smallest absolute Gasteiger partial charge is 0.335 e. The second-order valence-corrected chi connectivity index (χ2v) is 2.38. The lowest BCUT2D eigenvalue weighted by Crippen LogP contribution is -2.40. The van der Waals surface area contributed by atoms with Crippen LogP contribution < -0.4 is 11.1 Å². The van der Waals surface area contributed by atoms with E-state index in [4.69, 9.17) is 10.8 Å². The normalized spacial score (nSPS) is 23.3. The molecule has 1 rings (SSSR count). The van der Waals surface area contributed by atoms with Crippen LogP contribution >= 0.6 is 0 Å². The number of carboxylic acid groups (broad SMARTS) is 1. The van der Waals surface area contributed by atoms with Crippen molar-refractivity contribution < 1.29 is 9.90 Å². The van der Waals surface area contributed by atoms with Gasteiger partial charge in [-0.05, 0) is 24.8 Å². The lowest BCUT2D eigenvalue weighted by atomic mass is 10.1. The van der Waals surface area contributed by atoms with Gasteiger partial charge >= 0.3 is 5.97 Å². The van der Waals surface area contributed by atoms with E-state index in [1.807, 2.05) is 0 Å². The van der Waals surface area contributed by atoms with Gasteiger partial charge in [0.1, 0.15) is 6.17 Å². The Balaban J connectivity index is 3.01. The third kappa shape index (κ3) is 1.40. The number of hydrogen-bond donors (Lipinski definition) is 3. The zero-order chi connectivity index (χ0) is 8.43. The number of dihydropyridines is 1. The van der Waals surface area contributed by atoms with Crippen molar-refractivity contribution in [3.63, 3.8) is 0 Å². The van der Waals surface area contributed by atoms with Gasteiger partial charge in [-0.3, -0.25) is 0 Å². The average molecular weight is 154 g/mol. The molecule has 1 heterocycles. The van der Waals surface area contributed by atoms with Crippen LogP contribution in [0.5, 0.6) is 0 Å². The fourth-order valence-electron chi connectivity index (χ4n) is 0.997. The highest BCUT2D eigenvalue weighted by Crippen LogP contribution is 2.11. The van der Waals surface area contributed by atoms with E-state index in [-0.39, 0.29) is 5.57 Å². The molecule has 0 fully saturated rings. The summed E-state index contributed by atoms with van der Waals surface area (Å²) < 4.78 is 0. The van der Waals surface area contributed by atoms with Crippen LogP contribution in [-0.4, -0.2) is 17.2 Å². The molecule has 4 nitrogen and oxygen atoms in total. The minimum absolute atomic E-state index is 0.229. The molecule has 0 bridgehead atoms. The van der Waals surface area contributed by atoms with Crippen LogP contribution in [-0.2, 0) is 4.79 Å². The fourth-order valence-corrected chi connectivity index (χ4v) is 0.997. The topological polar surface area (TPSA) is 75.3 Å². The standard InChI is InChI=1S/C7H10N2O2/c1-4-2-3-9-6(8)5(4)7(10)11/h2-3,6,9H,8H2,1H3,(H,10,11). The summed E-state index contributed by atoms with van der Waals surface area (Å²) in [6.45, 7) is 1.72. The molecule has 0 aromatic carbocycles. The van der Waals surface area contributed by atoms with Crippen LogP contribution in [0.2, 0.25) is 0 Å². The van der Waals surface area contributed by atoms with Gasteiger partial charge in [-0.25, -0.2) is 4.79 Å². The van der Waals surface area contributed by atoms with Gasteiger partial charge in [0.05, 0.1) is 5.57 Å². The van der Waals surface area contributed by atoms with Gasteiger partial charge < -0.3 is 16.2 Å². The van der Waals surface area contributed by atoms with Gasteiger partial charge in [0.2, 0.25) is 0 Å². The number of nitrogens with one attached hydrogen (secondary N) is 1. The number of rotatable bonds is 1. The molecule has 1 aliphatic heterocycles. The predicted molar refractivity (Wildman–Crippen MR) is 40.6 cm³/mol. The van der Waals surface area contributed by atoms with Gasteiger partial charge in [-0.2, -0.15) is 0 Å². The Morgan fingerprint density at radius 2 is 2.45 bits per heavy atom. The van der Waals surface area contributed by atoms with E-state index in [0.717, 1.165) is 0 Å². The van der Waals surface area contributed by atoms with Crippen molar-refractivity contribution in [2.75, 3.05) is 0 Å². The molecular weight excluding hydrogens is 144 g/mol. The number of carboxylic acids is 1. The first-order valence-corrected chi connectivity index (χ1v) is 3.25. The molecule has 0 saturated heterocycles. The second kappa shape index (κ2) is 2.75. The van der Waals surface area contributed by atoms with E-state index in [2.05, 4.69) is 5.32 Å². The fraction of sp³-hybridized carbons (Fsp3) is 0.286. The summed E-state index contributed by atoms with van der Waals surface area (Å²) in [4.78, 5) is 10.6. The lowest BCUT2D eigenvalue weighted by molar-refractivity contribution is -0.133. The third-order valence-corrected chi connectivity index (χ3v) is 1.58. The maximum atomic E-state index is 10.6. The van der Waals surface area contributed by atoms with E-state index in [0.29, 0.717) is 5.57 Å². The summed E-state index contributed by atoms with van der Waals surface area (Å²) >= 11 is 0. The largest absolute Gasteiger partial charge is 0.478 e. The predicted octanol–water partition coefficient (Wildman–Crippen LogP) is -0.211. The number of carbonyl (C=O) groups is 1. The van der Waals surface area contributed by atoms with Gasteiger partial charge in [0.15, 0.2) is 0 Å². The Morgan fingerprint density at radius 1 is 1.82 bits per heavy atom. The molecule has 0 aliphatic carbocycles. The highest BCUT2D eigenvalue weighted by atomic mass is 16.4. The molecule has 0 amide bonds. The van der Waals surface area contributed by atoms with Gasteiger partial charge in [0, 0.05) is 0 Å². The summed E-state index contributed by atoms with van der Waals surface area (Å²) in [6, 6.07) is 0. The maximum absolute atomic E-state index is 10.6. The number of aliphatic carboxylic acids is 1. The van der Waals surface area contributed by atoms with Crippen molar-refractivity contribution in [3.05, 3.63) is 23.4 Å². The first-order valence-electron chi connectivity index (χ1n) is 3.25. The first-order chi connectivity index (χ1) is 5.13. The maximum Gasteiger partial charge on any atom is 0.335 e. The molecule has 11 heavy (non-hydrogen) atoms. The molecule has 1 unspecified atom stereocenters. The number of allylic oxidation sites excluding steroid dienone is 2. The van der Waals surface area contributed by atoms with Gasteiger partial charge in [0.25, 0.3) is 0 Å². The van der Waals surface area contributed by atoms with Crippen LogP contribution in [0.15, 0.2) is 23.4 Å². The van der Waals surface area contributed by atoms with E-state index in [1.165, 1.54) is 0 Å². The Morgan fingerprint density at radius 3 is 2.82 bits per heavy atom. The van der Waals surface area contributed by atoms with Gasteiger partial charge in [-0.15, -0.1) is 0 Å². The molecule has 1 atom stereocenters. The molecule has 1 aliphatic rings. The lowest BCUT2D eigenvalue weighted by Gasteiger charge is -2.18. The molecule has 0 saturated carbocycles. The van der Waals surface area contributed by atoms with Crippen LogP contribution in [0.4, 0.5) is 0 Å². The van der Waals surface area contributed by atoms with E-state index >= 15 is 0 Å². The average Bonchev–Trinajstić information content (AvgIpc) is 1.85. The van der Waals surface area contributed by atoms with E-state index in [1.54, 1.807) is 19.2 Å². The third-order valence-electron chi connectivity index (χ3n) is 1.58. The molecule has 60 valence electrons. The Bertz CT molecular complexity index is 243. The summed E-state index contributed by atoms with van der Waals surface area (Å²) in [5, 5.41) is 11.4. The highest BCUT2D eigenvalue weighted by Gasteiger charge is 2.19. The molecule has 0 spiro atoms. The zero-order valence-electron chi connectivity index (χ0n) is 6.16. The molecule has 4 N–H and O–H groups in total. The summed E-state index contributed by atoms with van der Waals surface area (Å²) in [5.74, 6) is -0.966. The second-order valence-electron chi connectivity index (χ2n) is 2.38. The quantitative estimate of drug-likeness (QED) is 0.488. The van der Waals surface area contributed by atoms with Crippen LogP contribution in [0, 0.1) is 0 Å². The Labute approximate surface area is 64.4 Å². The van der Waals surface area contributed by atoms with E-state index in [9.17, 15) is 4.79 Å². The van der Waals surface area contributed by atoms with Crippen molar-refractivity contribution in [2.45, 2.75) is 13.1 Å². The SMILES string of the molecule is CC1=C(C(=O)O)C(N)NC=C1. The molecule has 0 radical (unpaired) electrons. The van der Waals surface area contributed by atoms with E-state index < -0.39 is 12.1 Å². The molecule has 0 aromatic heterocycles. The molecule has 4 heteroatoms. The number of nitrogens with two attached hydrogens (primary N) is 1. The Hall–Kier alpha value is -1.29. The zero-order valence-corrected chi connectivity index (χ0v) is 6.16. The first kappa shape index (κ1) is 7.81. The van der Waals surface area contributed by atoms with Gasteiger partial charge in [-0.1, -0.05) is 0 Å². The Kier molecular flexibility index (Phi) is 1.96. The van der Waals surface area contributed by atoms with Crippen LogP contribution in [0.1, 0.15) is 6.92 Å². The summed E-state index contributed by atoms with van der Waals surface area (Å²) in [5.41, 5.74) is 6.40. The molecule has 0 aromatic rings. The summed E-state index contributed by atoms with van der Waals surface area (Å²) in [7, 11) is 0. The minimum Gasteiger partial charge on any atom is -0.478 e. The minimum atomic E-state index is -0.966. The number of hydrogen-bond acceptors (Lipinski definition) is 3.